The molecule has 0 saturated carbocycles. The topological polar surface area (TPSA) is 45.7 Å². The predicted octanol–water partition coefficient (Wildman–Crippen LogP) is 2.62. The Balaban J connectivity index is 2.53. The number of rotatable bonds is 8. The van der Waals surface area contributed by atoms with Crippen LogP contribution in [0.3, 0.4) is 0 Å². The molecule has 1 aromatic heterocycles. The Morgan fingerprint density at radius 1 is 1.40 bits per heavy atom. The maximum atomic E-state index is 5.05. The summed E-state index contributed by atoms with van der Waals surface area (Å²) in [7, 11) is 1.73. The Morgan fingerprint density at radius 2 is 2.20 bits per heavy atom. The Hall–Kier alpha value is -1.07. The third-order valence-corrected chi connectivity index (χ3v) is 4.22. The fourth-order valence-corrected chi connectivity index (χ4v) is 2.63. The van der Waals surface area contributed by atoms with Crippen molar-refractivity contribution in [2.75, 3.05) is 33.4 Å². The van der Waals surface area contributed by atoms with Crippen LogP contribution in [0.1, 0.15) is 32.1 Å². The van der Waals surface area contributed by atoms with E-state index in [0.717, 1.165) is 38.6 Å². The van der Waals surface area contributed by atoms with Gasteiger partial charge in [0.05, 0.1) is 6.54 Å². The minimum atomic E-state index is 0.0725. The number of nitrogens with zero attached hydrogens (tertiary/aromatic N) is 1. The number of hydrogen-bond donors (Lipinski definition) is 2. The number of aliphatic imine (C=N–C) groups is 1. The Morgan fingerprint density at radius 3 is 2.80 bits per heavy atom. The smallest absolute Gasteiger partial charge is 0.191 e. The normalized spacial score (nSPS) is 12.5. The Bertz CT molecular complexity index is 388. The van der Waals surface area contributed by atoms with Crippen LogP contribution in [0.15, 0.2) is 22.5 Å². The number of hydrogen-bond acceptors (Lipinski definition) is 3. The summed E-state index contributed by atoms with van der Waals surface area (Å²) in [6.07, 6.45) is 0.981. The zero-order valence-corrected chi connectivity index (χ0v) is 13.8. The van der Waals surface area contributed by atoms with Crippen LogP contribution in [0.5, 0.6) is 0 Å². The van der Waals surface area contributed by atoms with Crippen LogP contribution < -0.4 is 10.6 Å². The standard InChI is InChI=1S/C15H27N3OS/c1-5-16-14(17-9-7-10-19-4)18-12-15(2,3)13-8-6-11-20-13/h6,8,11H,5,7,9-10,12H2,1-4H3,(H2,16,17,18). The van der Waals surface area contributed by atoms with Crippen molar-refractivity contribution in [2.45, 2.75) is 32.6 Å². The van der Waals surface area contributed by atoms with Crippen molar-refractivity contribution in [3.05, 3.63) is 22.4 Å². The zero-order valence-electron chi connectivity index (χ0n) is 13.0. The van der Waals surface area contributed by atoms with E-state index < -0.39 is 0 Å². The second-order valence-corrected chi connectivity index (χ2v) is 6.28. The second kappa shape index (κ2) is 8.97. The van der Waals surface area contributed by atoms with Gasteiger partial charge in [0, 0.05) is 37.1 Å². The van der Waals surface area contributed by atoms with Gasteiger partial charge < -0.3 is 15.4 Å². The molecule has 5 heteroatoms. The van der Waals surface area contributed by atoms with Crippen molar-refractivity contribution >= 4 is 17.3 Å². The highest BCUT2D eigenvalue weighted by atomic mass is 32.1. The molecule has 0 bridgehead atoms. The van der Waals surface area contributed by atoms with Gasteiger partial charge in [-0.05, 0) is 24.8 Å². The molecule has 1 heterocycles. The monoisotopic (exact) mass is 297 g/mol. The highest BCUT2D eigenvalue weighted by molar-refractivity contribution is 7.10. The average Bonchev–Trinajstić information content (AvgIpc) is 2.95. The van der Waals surface area contributed by atoms with Crippen molar-refractivity contribution < 1.29 is 4.74 Å². The van der Waals surface area contributed by atoms with Gasteiger partial charge in [-0.3, -0.25) is 4.99 Å². The van der Waals surface area contributed by atoms with Crippen LogP contribution >= 0.6 is 11.3 Å². The predicted molar refractivity (Wildman–Crippen MR) is 87.8 cm³/mol. The van der Waals surface area contributed by atoms with Crippen molar-refractivity contribution in [3.8, 4) is 0 Å². The van der Waals surface area contributed by atoms with Crippen LogP contribution in [-0.4, -0.2) is 39.3 Å². The molecule has 0 aliphatic carbocycles. The van der Waals surface area contributed by atoms with Gasteiger partial charge >= 0.3 is 0 Å². The molecule has 1 aromatic rings. The maximum absolute atomic E-state index is 5.05. The van der Waals surface area contributed by atoms with Gasteiger partial charge in [0.15, 0.2) is 5.96 Å². The Labute approximate surface area is 126 Å². The summed E-state index contributed by atoms with van der Waals surface area (Å²) in [6, 6.07) is 4.28. The maximum Gasteiger partial charge on any atom is 0.191 e. The molecule has 0 spiro atoms. The van der Waals surface area contributed by atoms with E-state index in [4.69, 9.17) is 9.73 Å². The van der Waals surface area contributed by atoms with Crippen LogP contribution in [0, 0.1) is 0 Å². The molecule has 0 atom stereocenters. The van der Waals surface area contributed by atoms with Gasteiger partial charge in [0.1, 0.15) is 0 Å². The third kappa shape index (κ3) is 5.92. The van der Waals surface area contributed by atoms with Gasteiger partial charge in [-0.1, -0.05) is 19.9 Å². The van der Waals surface area contributed by atoms with Gasteiger partial charge in [-0.2, -0.15) is 0 Å². The van der Waals surface area contributed by atoms with Gasteiger partial charge in [0.25, 0.3) is 0 Å². The molecule has 20 heavy (non-hydrogen) atoms. The fraction of sp³-hybridized carbons (Fsp3) is 0.667. The molecule has 114 valence electrons. The van der Waals surface area contributed by atoms with E-state index in [1.54, 1.807) is 18.4 Å². The highest BCUT2D eigenvalue weighted by Gasteiger charge is 2.21. The summed E-state index contributed by atoms with van der Waals surface area (Å²) < 4.78 is 5.05. The third-order valence-electron chi connectivity index (χ3n) is 2.98. The van der Waals surface area contributed by atoms with Crippen molar-refractivity contribution in [3.63, 3.8) is 0 Å². The molecular formula is C15H27N3OS. The van der Waals surface area contributed by atoms with Crippen LogP contribution in [-0.2, 0) is 10.2 Å². The number of ether oxygens (including phenoxy) is 1. The molecule has 0 aromatic carbocycles. The molecule has 0 aliphatic heterocycles. The molecule has 0 unspecified atom stereocenters. The molecule has 0 aliphatic rings. The lowest BCUT2D eigenvalue weighted by atomic mass is 9.92. The lowest BCUT2D eigenvalue weighted by molar-refractivity contribution is 0.195. The number of methoxy groups -OCH3 is 1. The van der Waals surface area contributed by atoms with Crippen molar-refractivity contribution in [2.24, 2.45) is 4.99 Å². The molecular weight excluding hydrogens is 270 g/mol. The van der Waals surface area contributed by atoms with Crippen molar-refractivity contribution in [1.82, 2.24) is 10.6 Å². The number of nitrogens with one attached hydrogen (secondary N) is 2. The molecule has 0 amide bonds. The average molecular weight is 297 g/mol. The van der Waals surface area contributed by atoms with E-state index in [-0.39, 0.29) is 5.41 Å². The van der Waals surface area contributed by atoms with E-state index in [1.165, 1.54) is 4.88 Å². The van der Waals surface area contributed by atoms with Gasteiger partial charge in [-0.25, -0.2) is 0 Å². The van der Waals surface area contributed by atoms with E-state index >= 15 is 0 Å². The highest BCUT2D eigenvalue weighted by Crippen LogP contribution is 2.27. The molecule has 0 radical (unpaired) electrons. The first-order valence-electron chi connectivity index (χ1n) is 7.15. The number of guanidine groups is 1. The number of thiophene rings is 1. The van der Waals surface area contributed by atoms with Gasteiger partial charge in [0.2, 0.25) is 0 Å². The first-order chi connectivity index (χ1) is 9.60. The minimum absolute atomic E-state index is 0.0725. The summed E-state index contributed by atoms with van der Waals surface area (Å²) in [5.41, 5.74) is 0.0725. The fourth-order valence-electron chi connectivity index (χ4n) is 1.78. The molecule has 0 saturated heterocycles. The van der Waals surface area contributed by atoms with E-state index in [0.29, 0.717) is 0 Å². The first-order valence-corrected chi connectivity index (χ1v) is 8.03. The van der Waals surface area contributed by atoms with E-state index in [9.17, 15) is 0 Å². The zero-order chi connectivity index (χ0) is 14.8. The minimum Gasteiger partial charge on any atom is -0.385 e. The molecule has 0 fully saturated rings. The molecule has 4 nitrogen and oxygen atoms in total. The quantitative estimate of drug-likeness (QED) is 0.440. The summed E-state index contributed by atoms with van der Waals surface area (Å²) >= 11 is 1.79. The van der Waals surface area contributed by atoms with Gasteiger partial charge in [-0.15, -0.1) is 11.3 Å². The van der Waals surface area contributed by atoms with E-state index in [1.807, 2.05) is 0 Å². The summed E-state index contributed by atoms with van der Waals surface area (Å²) in [5, 5.41) is 8.73. The molecule has 1 rings (SSSR count). The lowest BCUT2D eigenvalue weighted by Gasteiger charge is -2.21. The Kier molecular flexibility index (Phi) is 7.62. The largest absolute Gasteiger partial charge is 0.385 e. The molecule has 2 N–H and O–H groups in total. The second-order valence-electron chi connectivity index (χ2n) is 5.33. The summed E-state index contributed by atoms with van der Waals surface area (Å²) in [6.45, 7) is 9.83. The van der Waals surface area contributed by atoms with Crippen LogP contribution in [0.2, 0.25) is 0 Å². The first kappa shape index (κ1) is 17.0. The van der Waals surface area contributed by atoms with Crippen LogP contribution in [0.25, 0.3) is 0 Å². The lowest BCUT2D eigenvalue weighted by Crippen LogP contribution is -2.39. The van der Waals surface area contributed by atoms with Crippen molar-refractivity contribution in [1.29, 1.82) is 0 Å². The van der Waals surface area contributed by atoms with E-state index in [2.05, 4.69) is 48.9 Å². The SMILES string of the molecule is CCNC(=NCC(C)(C)c1cccs1)NCCCOC. The van der Waals surface area contributed by atoms with Crippen LogP contribution in [0.4, 0.5) is 0 Å². The summed E-state index contributed by atoms with van der Waals surface area (Å²) in [4.78, 5) is 6.07. The summed E-state index contributed by atoms with van der Waals surface area (Å²) in [5.74, 6) is 0.883.